The zero-order valence-electron chi connectivity index (χ0n) is 13.0. The number of benzene rings is 1. The molecule has 6 N–H and O–H groups in total. The normalized spacial score (nSPS) is 12.8. The van der Waals surface area contributed by atoms with Gasteiger partial charge in [-0.3, -0.25) is 14.0 Å². The minimum atomic E-state index is -4.33. The highest BCUT2D eigenvalue weighted by Crippen LogP contribution is 2.42. The zero-order chi connectivity index (χ0) is 18.4. The second-order valence-corrected chi connectivity index (χ2v) is 8.82. The van der Waals surface area contributed by atoms with E-state index in [4.69, 9.17) is 29.8 Å². The molecule has 0 aliphatic heterocycles. The molecule has 0 unspecified atom stereocenters. The van der Waals surface area contributed by atoms with Crippen molar-refractivity contribution in [2.75, 3.05) is 26.3 Å². The molecular formula is C13H23NO8P2. The highest BCUT2D eigenvalue weighted by molar-refractivity contribution is 7.51. The molecule has 0 aromatic heterocycles. The molecule has 1 aromatic carbocycles. The predicted molar refractivity (Wildman–Crippen MR) is 87.4 cm³/mol. The second-order valence-electron chi connectivity index (χ2n) is 5.53. The summed E-state index contributed by atoms with van der Waals surface area (Å²) in [5.74, 6) is 0. The molecule has 9 nitrogen and oxygen atoms in total. The van der Waals surface area contributed by atoms with Crippen LogP contribution in [0.4, 0.5) is 0 Å². The summed E-state index contributed by atoms with van der Waals surface area (Å²) in [5.41, 5.74) is 1.14. The van der Waals surface area contributed by atoms with Gasteiger partial charge in [-0.1, -0.05) is 18.2 Å². The summed E-state index contributed by atoms with van der Waals surface area (Å²) in [6, 6.07) is 4.46. The molecule has 0 aliphatic carbocycles. The molecule has 0 saturated heterocycles. The van der Waals surface area contributed by atoms with Gasteiger partial charge in [-0.05, 0) is 16.7 Å². The van der Waals surface area contributed by atoms with Crippen LogP contribution in [0.5, 0.6) is 0 Å². The molecule has 24 heavy (non-hydrogen) atoms. The first-order valence-corrected chi connectivity index (χ1v) is 10.8. The van der Waals surface area contributed by atoms with Gasteiger partial charge in [0.1, 0.15) is 0 Å². The fraction of sp³-hybridized carbons (Fsp3) is 0.538. The van der Waals surface area contributed by atoms with E-state index in [0.717, 1.165) is 0 Å². The van der Waals surface area contributed by atoms with Crippen LogP contribution in [-0.4, -0.2) is 61.0 Å². The molecule has 0 spiro atoms. The van der Waals surface area contributed by atoms with Crippen LogP contribution < -0.4 is 0 Å². The Morgan fingerprint density at radius 1 is 0.750 bits per heavy atom. The SMILES string of the molecule is O=P(O)(O)Cc1cc(CN(CCO)CCO)cc(CP(=O)(O)O)c1. The van der Waals surface area contributed by atoms with Crippen molar-refractivity contribution in [3.05, 3.63) is 34.9 Å². The van der Waals surface area contributed by atoms with Gasteiger partial charge in [0.25, 0.3) is 0 Å². The molecule has 11 heteroatoms. The summed E-state index contributed by atoms with van der Waals surface area (Å²) >= 11 is 0. The van der Waals surface area contributed by atoms with Crippen molar-refractivity contribution in [2.45, 2.75) is 18.9 Å². The monoisotopic (exact) mass is 383 g/mol. The van der Waals surface area contributed by atoms with Crippen LogP contribution in [0.25, 0.3) is 0 Å². The van der Waals surface area contributed by atoms with Gasteiger partial charge in [0, 0.05) is 19.6 Å². The number of hydrogen-bond donors (Lipinski definition) is 6. The number of rotatable bonds is 10. The van der Waals surface area contributed by atoms with Crippen molar-refractivity contribution in [3.8, 4) is 0 Å². The van der Waals surface area contributed by atoms with Crippen molar-refractivity contribution in [1.29, 1.82) is 0 Å². The first kappa shape index (κ1) is 21.4. The largest absolute Gasteiger partial charge is 0.395 e. The molecule has 1 rings (SSSR count). The van der Waals surface area contributed by atoms with Crippen molar-refractivity contribution in [3.63, 3.8) is 0 Å². The van der Waals surface area contributed by atoms with Crippen molar-refractivity contribution >= 4 is 15.2 Å². The van der Waals surface area contributed by atoms with E-state index in [1.807, 2.05) is 0 Å². The Hall–Kier alpha value is -0.600. The zero-order valence-corrected chi connectivity index (χ0v) is 14.8. The molecule has 0 radical (unpaired) electrons. The van der Waals surface area contributed by atoms with Crippen molar-refractivity contribution < 1.29 is 38.9 Å². The Morgan fingerprint density at radius 3 is 1.46 bits per heavy atom. The predicted octanol–water partition coefficient (Wildman–Crippen LogP) is -0.171. The Morgan fingerprint density at radius 2 is 1.12 bits per heavy atom. The summed E-state index contributed by atoms with van der Waals surface area (Å²) < 4.78 is 22.4. The Bertz CT molecular complexity index is 578. The Balaban J connectivity index is 3.11. The van der Waals surface area contributed by atoms with Gasteiger partial charge in [0.05, 0.1) is 25.5 Å². The van der Waals surface area contributed by atoms with Gasteiger partial charge in [-0.2, -0.15) is 0 Å². The lowest BCUT2D eigenvalue weighted by atomic mass is 10.1. The van der Waals surface area contributed by atoms with E-state index in [0.29, 0.717) is 5.56 Å². The molecule has 0 amide bonds. The molecule has 138 valence electrons. The Labute approximate surface area is 139 Å². The molecular weight excluding hydrogens is 360 g/mol. The van der Waals surface area contributed by atoms with E-state index in [2.05, 4.69) is 0 Å². The summed E-state index contributed by atoms with van der Waals surface area (Å²) in [4.78, 5) is 38.2. The molecule has 0 bridgehead atoms. The molecule has 0 aliphatic rings. The highest BCUT2D eigenvalue weighted by Gasteiger charge is 2.19. The summed E-state index contributed by atoms with van der Waals surface area (Å²) in [7, 11) is -8.65. The van der Waals surface area contributed by atoms with Crippen LogP contribution in [0, 0.1) is 0 Å². The molecule has 1 aromatic rings. The first-order chi connectivity index (χ1) is 11.0. The lowest BCUT2D eigenvalue weighted by Gasteiger charge is -2.21. The number of aliphatic hydroxyl groups is 2. The average molecular weight is 383 g/mol. The van der Waals surface area contributed by atoms with Gasteiger partial charge in [0.15, 0.2) is 0 Å². The maximum atomic E-state index is 11.2. The van der Waals surface area contributed by atoms with E-state index in [-0.39, 0.29) is 44.0 Å². The van der Waals surface area contributed by atoms with Crippen LogP contribution in [-0.2, 0) is 28.0 Å². The standard InChI is InChI=1S/C13H23NO8P2/c15-3-1-14(2-4-16)8-11-5-12(9-23(17,18)19)7-13(6-11)10-24(20,21)22/h5-7,15-16H,1-4,8-10H2,(H2,17,18,19)(H2,20,21,22). The molecule has 0 heterocycles. The molecule has 0 fully saturated rings. The smallest absolute Gasteiger partial charge is 0.329 e. The lowest BCUT2D eigenvalue weighted by molar-refractivity contribution is 0.156. The van der Waals surface area contributed by atoms with E-state index in [9.17, 15) is 9.13 Å². The van der Waals surface area contributed by atoms with Crippen molar-refractivity contribution in [1.82, 2.24) is 4.90 Å². The maximum Gasteiger partial charge on any atom is 0.329 e. The number of hydrogen-bond acceptors (Lipinski definition) is 5. The van der Waals surface area contributed by atoms with Crippen LogP contribution in [0.2, 0.25) is 0 Å². The average Bonchev–Trinajstić information content (AvgIpc) is 2.34. The fourth-order valence-electron chi connectivity index (χ4n) is 2.40. The lowest BCUT2D eigenvalue weighted by Crippen LogP contribution is -2.29. The topological polar surface area (TPSA) is 159 Å². The minimum Gasteiger partial charge on any atom is -0.395 e. The van der Waals surface area contributed by atoms with Crippen LogP contribution in [0.3, 0.4) is 0 Å². The van der Waals surface area contributed by atoms with Crippen LogP contribution >= 0.6 is 15.2 Å². The third kappa shape index (κ3) is 9.03. The van der Waals surface area contributed by atoms with Crippen molar-refractivity contribution in [2.24, 2.45) is 0 Å². The number of nitrogens with zero attached hydrogens (tertiary/aromatic N) is 1. The third-order valence-corrected chi connectivity index (χ3v) is 4.68. The van der Waals surface area contributed by atoms with E-state index >= 15 is 0 Å². The number of aliphatic hydroxyl groups excluding tert-OH is 2. The van der Waals surface area contributed by atoms with Gasteiger partial charge in [-0.25, -0.2) is 0 Å². The van der Waals surface area contributed by atoms with Crippen LogP contribution in [0.1, 0.15) is 16.7 Å². The van der Waals surface area contributed by atoms with Gasteiger partial charge < -0.3 is 29.8 Å². The van der Waals surface area contributed by atoms with Gasteiger partial charge in [-0.15, -0.1) is 0 Å². The molecule has 0 atom stereocenters. The first-order valence-electron chi connectivity index (χ1n) is 7.17. The highest BCUT2D eigenvalue weighted by atomic mass is 31.2. The maximum absolute atomic E-state index is 11.2. The summed E-state index contributed by atoms with van der Waals surface area (Å²) in [6.07, 6.45) is -1.07. The van der Waals surface area contributed by atoms with E-state index in [1.165, 1.54) is 6.07 Å². The fourth-order valence-corrected chi connectivity index (χ4v) is 3.72. The summed E-state index contributed by atoms with van der Waals surface area (Å²) in [5, 5.41) is 18.1. The van der Waals surface area contributed by atoms with E-state index in [1.54, 1.807) is 17.0 Å². The van der Waals surface area contributed by atoms with Crippen LogP contribution in [0.15, 0.2) is 18.2 Å². The van der Waals surface area contributed by atoms with Gasteiger partial charge >= 0.3 is 15.2 Å². The molecule has 0 saturated carbocycles. The third-order valence-electron chi connectivity index (χ3n) is 3.13. The summed E-state index contributed by atoms with van der Waals surface area (Å²) in [6.45, 7) is 0.591. The minimum absolute atomic E-state index is 0.127. The van der Waals surface area contributed by atoms with E-state index < -0.39 is 27.5 Å². The quantitative estimate of drug-likeness (QED) is 0.302. The van der Waals surface area contributed by atoms with Gasteiger partial charge in [0.2, 0.25) is 0 Å². The second kappa shape index (κ2) is 9.20. The Kier molecular flexibility index (Phi) is 8.22.